The SMILES string of the molecule is NCc1ccnc(N2CCCCCC2)c1. The Kier molecular flexibility index (Phi) is 3.56. The Labute approximate surface area is 91.3 Å². The molecule has 82 valence electrons. The van der Waals surface area contributed by atoms with E-state index in [1.165, 1.54) is 31.2 Å². The summed E-state index contributed by atoms with van der Waals surface area (Å²) < 4.78 is 0. The van der Waals surface area contributed by atoms with Crippen LogP contribution < -0.4 is 10.6 Å². The predicted molar refractivity (Wildman–Crippen MR) is 62.8 cm³/mol. The molecule has 1 aliphatic heterocycles. The minimum absolute atomic E-state index is 0.601. The maximum absolute atomic E-state index is 5.63. The zero-order valence-electron chi connectivity index (χ0n) is 9.15. The summed E-state index contributed by atoms with van der Waals surface area (Å²) in [7, 11) is 0. The summed E-state index contributed by atoms with van der Waals surface area (Å²) in [4.78, 5) is 6.80. The zero-order valence-corrected chi connectivity index (χ0v) is 9.15. The van der Waals surface area contributed by atoms with E-state index in [4.69, 9.17) is 5.73 Å². The van der Waals surface area contributed by atoms with E-state index in [2.05, 4.69) is 16.0 Å². The number of nitrogens with zero attached hydrogens (tertiary/aromatic N) is 2. The third kappa shape index (κ3) is 2.69. The van der Waals surface area contributed by atoms with Crippen LogP contribution in [-0.2, 0) is 6.54 Å². The first-order valence-electron chi connectivity index (χ1n) is 5.80. The first-order chi connectivity index (χ1) is 7.40. The van der Waals surface area contributed by atoms with Gasteiger partial charge in [-0.1, -0.05) is 12.8 Å². The molecule has 15 heavy (non-hydrogen) atoms. The molecule has 0 aromatic carbocycles. The first kappa shape index (κ1) is 10.4. The lowest BCUT2D eigenvalue weighted by atomic mass is 10.2. The van der Waals surface area contributed by atoms with Gasteiger partial charge in [-0.15, -0.1) is 0 Å². The Morgan fingerprint density at radius 1 is 1.20 bits per heavy atom. The van der Waals surface area contributed by atoms with E-state index >= 15 is 0 Å². The van der Waals surface area contributed by atoms with Gasteiger partial charge in [-0.05, 0) is 30.5 Å². The van der Waals surface area contributed by atoms with Crippen molar-refractivity contribution in [1.29, 1.82) is 0 Å². The fourth-order valence-corrected chi connectivity index (χ4v) is 2.06. The molecular formula is C12H19N3. The summed E-state index contributed by atoms with van der Waals surface area (Å²) in [6.07, 6.45) is 7.14. The Hall–Kier alpha value is -1.09. The van der Waals surface area contributed by atoms with Gasteiger partial charge >= 0.3 is 0 Å². The average Bonchev–Trinajstić information content (AvgIpc) is 2.58. The molecule has 0 amide bonds. The highest BCUT2D eigenvalue weighted by atomic mass is 15.2. The largest absolute Gasteiger partial charge is 0.357 e. The van der Waals surface area contributed by atoms with Gasteiger partial charge in [0.05, 0.1) is 0 Å². The van der Waals surface area contributed by atoms with E-state index < -0.39 is 0 Å². The van der Waals surface area contributed by atoms with Gasteiger partial charge < -0.3 is 10.6 Å². The third-order valence-electron chi connectivity index (χ3n) is 2.98. The molecule has 1 aliphatic rings. The average molecular weight is 205 g/mol. The normalized spacial score (nSPS) is 17.5. The van der Waals surface area contributed by atoms with Crippen LogP contribution >= 0.6 is 0 Å². The smallest absolute Gasteiger partial charge is 0.128 e. The Bertz CT molecular complexity index is 303. The van der Waals surface area contributed by atoms with E-state index in [0.717, 1.165) is 18.9 Å². The van der Waals surface area contributed by atoms with E-state index in [9.17, 15) is 0 Å². The second-order valence-corrected chi connectivity index (χ2v) is 4.13. The standard InChI is InChI=1S/C12H19N3/c13-10-11-5-6-14-12(9-11)15-7-3-1-2-4-8-15/h5-6,9H,1-4,7-8,10,13H2. The quantitative estimate of drug-likeness (QED) is 0.802. The molecule has 0 aliphatic carbocycles. The summed E-state index contributed by atoms with van der Waals surface area (Å²) in [5.41, 5.74) is 6.80. The van der Waals surface area contributed by atoms with Gasteiger partial charge in [-0.25, -0.2) is 4.98 Å². The molecule has 2 heterocycles. The molecule has 0 bridgehead atoms. The summed E-state index contributed by atoms with van der Waals surface area (Å²) >= 11 is 0. The van der Waals surface area contributed by atoms with E-state index in [1.54, 1.807) is 0 Å². The molecule has 3 heteroatoms. The fourth-order valence-electron chi connectivity index (χ4n) is 2.06. The molecule has 0 unspecified atom stereocenters. The molecule has 0 atom stereocenters. The Balaban J connectivity index is 2.12. The lowest BCUT2D eigenvalue weighted by Crippen LogP contribution is -2.25. The van der Waals surface area contributed by atoms with Gasteiger partial charge in [-0.2, -0.15) is 0 Å². The summed E-state index contributed by atoms with van der Waals surface area (Å²) in [6.45, 7) is 2.88. The second kappa shape index (κ2) is 5.12. The van der Waals surface area contributed by atoms with Crippen molar-refractivity contribution in [3.8, 4) is 0 Å². The molecule has 0 radical (unpaired) electrons. The monoisotopic (exact) mass is 205 g/mol. The number of rotatable bonds is 2. The van der Waals surface area contributed by atoms with Gasteiger partial charge in [0.15, 0.2) is 0 Å². The molecule has 0 saturated carbocycles. The molecule has 1 aromatic heterocycles. The molecular weight excluding hydrogens is 186 g/mol. The molecule has 2 rings (SSSR count). The Morgan fingerprint density at radius 2 is 1.93 bits per heavy atom. The van der Waals surface area contributed by atoms with Gasteiger partial charge in [0, 0.05) is 25.8 Å². The van der Waals surface area contributed by atoms with Crippen molar-refractivity contribution in [2.75, 3.05) is 18.0 Å². The van der Waals surface area contributed by atoms with Crippen molar-refractivity contribution in [3.05, 3.63) is 23.9 Å². The number of hydrogen-bond acceptors (Lipinski definition) is 3. The first-order valence-corrected chi connectivity index (χ1v) is 5.80. The second-order valence-electron chi connectivity index (χ2n) is 4.13. The lowest BCUT2D eigenvalue weighted by molar-refractivity contribution is 0.726. The summed E-state index contributed by atoms with van der Waals surface area (Å²) in [5, 5.41) is 0. The number of pyridine rings is 1. The van der Waals surface area contributed by atoms with Gasteiger partial charge in [0.2, 0.25) is 0 Å². The van der Waals surface area contributed by atoms with Crippen molar-refractivity contribution < 1.29 is 0 Å². The van der Waals surface area contributed by atoms with Crippen molar-refractivity contribution >= 4 is 5.82 Å². The third-order valence-corrected chi connectivity index (χ3v) is 2.98. The van der Waals surface area contributed by atoms with Crippen LogP contribution in [0.2, 0.25) is 0 Å². The predicted octanol–water partition coefficient (Wildman–Crippen LogP) is 1.92. The van der Waals surface area contributed by atoms with Crippen LogP contribution in [0.1, 0.15) is 31.2 Å². The zero-order chi connectivity index (χ0) is 10.5. The highest BCUT2D eigenvalue weighted by molar-refractivity contribution is 5.41. The molecule has 1 saturated heterocycles. The minimum Gasteiger partial charge on any atom is -0.357 e. The summed E-state index contributed by atoms with van der Waals surface area (Å²) in [6, 6.07) is 4.10. The van der Waals surface area contributed by atoms with Crippen LogP contribution in [-0.4, -0.2) is 18.1 Å². The molecule has 3 nitrogen and oxygen atoms in total. The van der Waals surface area contributed by atoms with Gasteiger partial charge in [-0.3, -0.25) is 0 Å². The van der Waals surface area contributed by atoms with Crippen LogP contribution in [0.4, 0.5) is 5.82 Å². The maximum atomic E-state index is 5.63. The minimum atomic E-state index is 0.601. The fraction of sp³-hybridized carbons (Fsp3) is 0.583. The van der Waals surface area contributed by atoms with Crippen molar-refractivity contribution in [2.45, 2.75) is 32.2 Å². The number of hydrogen-bond donors (Lipinski definition) is 1. The maximum Gasteiger partial charge on any atom is 0.128 e. The topological polar surface area (TPSA) is 42.1 Å². The van der Waals surface area contributed by atoms with E-state index in [1.807, 2.05) is 12.3 Å². The number of anilines is 1. The number of aromatic nitrogens is 1. The molecule has 0 spiro atoms. The van der Waals surface area contributed by atoms with Crippen LogP contribution in [0.25, 0.3) is 0 Å². The number of nitrogens with two attached hydrogens (primary N) is 1. The van der Waals surface area contributed by atoms with Crippen LogP contribution in [0, 0.1) is 0 Å². The van der Waals surface area contributed by atoms with Crippen molar-refractivity contribution in [1.82, 2.24) is 4.98 Å². The van der Waals surface area contributed by atoms with Crippen LogP contribution in [0.3, 0.4) is 0 Å². The van der Waals surface area contributed by atoms with Crippen LogP contribution in [0.15, 0.2) is 18.3 Å². The van der Waals surface area contributed by atoms with Crippen molar-refractivity contribution in [2.24, 2.45) is 5.73 Å². The van der Waals surface area contributed by atoms with Gasteiger partial charge in [0.25, 0.3) is 0 Å². The molecule has 2 N–H and O–H groups in total. The van der Waals surface area contributed by atoms with Gasteiger partial charge in [0.1, 0.15) is 5.82 Å². The molecule has 1 fully saturated rings. The van der Waals surface area contributed by atoms with E-state index in [0.29, 0.717) is 6.54 Å². The lowest BCUT2D eigenvalue weighted by Gasteiger charge is -2.21. The highest BCUT2D eigenvalue weighted by Crippen LogP contribution is 2.17. The van der Waals surface area contributed by atoms with Crippen molar-refractivity contribution in [3.63, 3.8) is 0 Å². The van der Waals surface area contributed by atoms with Crippen LogP contribution in [0.5, 0.6) is 0 Å². The Morgan fingerprint density at radius 3 is 2.60 bits per heavy atom. The highest BCUT2D eigenvalue weighted by Gasteiger charge is 2.10. The van der Waals surface area contributed by atoms with E-state index in [-0.39, 0.29) is 0 Å². The summed E-state index contributed by atoms with van der Waals surface area (Å²) in [5.74, 6) is 1.10. The molecule has 1 aromatic rings.